The standard InChI is InChI=1S/C18H21N5OS/c1-20-9-11-21(12-10-20)14-22-18(25)23(15-6-3-2-4-7-15)17(19-22)16-8-5-13-24-16/h2-8,13H,9-12,14H2,1H3. The van der Waals surface area contributed by atoms with E-state index in [-0.39, 0.29) is 0 Å². The molecule has 1 aliphatic heterocycles. The number of hydrogen-bond acceptors (Lipinski definition) is 5. The zero-order chi connectivity index (χ0) is 17.2. The third-order valence-corrected chi connectivity index (χ3v) is 4.92. The Kier molecular flexibility index (Phi) is 4.52. The average Bonchev–Trinajstić information content (AvgIpc) is 3.26. The first-order chi connectivity index (χ1) is 12.2. The molecule has 4 rings (SSSR count). The Morgan fingerprint density at radius 2 is 1.80 bits per heavy atom. The molecule has 0 unspecified atom stereocenters. The van der Waals surface area contributed by atoms with Crippen molar-refractivity contribution in [3.8, 4) is 17.3 Å². The quantitative estimate of drug-likeness (QED) is 0.673. The van der Waals surface area contributed by atoms with Gasteiger partial charge in [-0.2, -0.15) is 0 Å². The molecule has 1 aliphatic rings. The Morgan fingerprint density at radius 1 is 1.04 bits per heavy atom. The third-order valence-electron chi connectivity index (χ3n) is 4.53. The Morgan fingerprint density at radius 3 is 2.48 bits per heavy atom. The molecule has 3 heterocycles. The number of likely N-dealkylation sites (N-methyl/N-ethyl adjacent to an activating group) is 1. The summed E-state index contributed by atoms with van der Waals surface area (Å²) in [5, 5.41) is 4.77. The van der Waals surface area contributed by atoms with E-state index in [1.54, 1.807) is 6.26 Å². The largest absolute Gasteiger partial charge is 0.461 e. The van der Waals surface area contributed by atoms with Crippen molar-refractivity contribution in [2.45, 2.75) is 6.67 Å². The van der Waals surface area contributed by atoms with Gasteiger partial charge in [0, 0.05) is 26.2 Å². The van der Waals surface area contributed by atoms with Crippen molar-refractivity contribution < 1.29 is 4.42 Å². The SMILES string of the molecule is CN1CCN(Cn2nc(-c3ccco3)n(-c3ccccc3)c2=S)CC1. The highest BCUT2D eigenvalue weighted by Crippen LogP contribution is 2.23. The van der Waals surface area contributed by atoms with Gasteiger partial charge in [-0.1, -0.05) is 18.2 Å². The predicted molar refractivity (Wildman–Crippen MR) is 99.2 cm³/mol. The van der Waals surface area contributed by atoms with Gasteiger partial charge in [-0.15, -0.1) is 5.10 Å². The highest BCUT2D eigenvalue weighted by Gasteiger charge is 2.19. The molecule has 0 atom stereocenters. The minimum atomic E-state index is 0.677. The van der Waals surface area contributed by atoms with E-state index >= 15 is 0 Å². The summed E-state index contributed by atoms with van der Waals surface area (Å²) in [5.41, 5.74) is 0.989. The summed E-state index contributed by atoms with van der Waals surface area (Å²) in [4.78, 5) is 4.72. The number of benzene rings is 1. The highest BCUT2D eigenvalue weighted by molar-refractivity contribution is 7.71. The lowest BCUT2D eigenvalue weighted by atomic mass is 10.3. The van der Waals surface area contributed by atoms with Gasteiger partial charge in [0.05, 0.1) is 18.6 Å². The summed E-state index contributed by atoms with van der Waals surface area (Å²) in [6, 6.07) is 13.8. The van der Waals surface area contributed by atoms with Crippen LogP contribution in [0.5, 0.6) is 0 Å². The van der Waals surface area contributed by atoms with Crippen LogP contribution in [0.4, 0.5) is 0 Å². The van der Waals surface area contributed by atoms with Crippen LogP contribution in [0.1, 0.15) is 0 Å². The molecule has 0 aliphatic carbocycles. The first-order valence-corrected chi connectivity index (χ1v) is 8.83. The molecular formula is C18H21N5OS. The van der Waals surface area contributed by atoms with E-state index in [0.29, 0.717) is 17.2 Å². The molecule has 1 aromatic carbocycles. The molecule has 130 valence electrons. The van der Waals surface area contributed by atoms with Crippen LogP contribution in [0, 0.1) is 4.77 Å². The molecule has 0 bridgehead atoms. The molecule has 0 spiro atoms. The predicted octanol–water partition coefficient (Wildman–Crippen LogP) is 2.87. The van der Waals surface area contributed by atoms with Crippen LogP contribution < -0.4 is 0 Å². The molecule has 2 aromatic heterocycles. The molecule has 6 nitrogen and oxygen atoms in total. The molecule has 25 heavy (non-hydrogen) atoms. The smallest absolute Gasteiger partial charge is 0.204 e. The molecular weight excluding hydrogens is 334 g/mol. The number of hydrogen-bond donors (Lipinski definition) is 0. The second-order valence-electron chi connectivity index (χ2n) is 6.32. The molecule has 1 fully saturated rings. The number of aromatic nitrogens is 3. The van der Waals surface area contributed by atoms with E-state index < -0.39 is 0 Å². The van der Waals surface area contributed by atoms with Crippen molar-refractivity contribution in [3.63, 3.8) is 0 Å². The second kappa shape index (κ2) is 6.95. The van der Waals surface area contributed by atoms with E-state index in [2.05, 4.69) is 16.8 Å². The van der Waals surface area contributed by atoms with Crippen LogP contribution in [-0.2, 0) is 6.67 Å². The maximum atomic E-state index is 5.75. The van der Waals surface area contributed by atoms with E-state index in [9.17, 15) is 0 Å². The molecule has 0 saturated carbocycles. The first kappa shape index (κ1) is 16.3. The molecule has 3 aromatic rings. The Hall–Kier alpha value is -2.22. The number of piperazine rings is 1. The van der Waals surface area contributed by atoms with Crippen LogP contribution in [0.25, 0.3) is 17.3 Å². The van der Waals surface area contributed by atoms with Gasteiger partial charge in [0.25, 0.3) is 0 Å². The Bertz CT molecular complexity index is 876. The van der Waals surface area contributed by atoms with E-state index in [4.69, 9.17) is 21.7 Å². The Balaban J connectivity index is 1.73. The zero-order valence-electron chi connectivity index (χ0n) is 14.2. The van der Waals surface area contributed by atoms with Gasteiger partial charge in [0.1, 0.15) is 0 Å². The van der Waals surface area contributed by atoms with E-state index in [0.717, 1.165) is 37.7 Å². The fraction of sp³-hybridized carbons (Fsp3) is 0.333. The van der Waals surface area contributed by atoms with E-state index in [1.165, 1.54) is 0 Å². The lowest BCUT2D eigenvalue weighted by Crippen LogP contribution is -2.45. The number of furan rings is 1. The summed E-state index contributed by atoms with van der Waals surface area (Å²) in [6.07, 6.45) is 1.66. The normalized spacial score (nSPS) is 16.4. The second-order valence-corrected chi connectivity index (χ2v) is 6.68. The maximum Gasteiger partial charge on any atom is 0.204 e. The molecule has 7 heteroatoms. The highest BCUT2D eigenvalue weighted by atomic mass is 32.1. The number of rotatable bonds is 4. The lowest BCUT2D eigenvalue weighted by Gasteiger charge is -2.31. The minimum Gasteiger partial charge on any atom is -0.461 e. The van der Waals surface area contributed by atoms with Gasteiger partial charge in [0.15, 0.2) is 5.76 Å². The summed E-state index contributed by atoms with van der Waals surface area (Å²) < 4.78 is 10.1. The minimum absolute atomic E-state index is 0.677. The van der Waals surface area contributed by atoms with Gasteiger partial charge < -0.3 is 9.32 Å². The van der Waals surface area contributed by atoms with Gasteiger partial charge in [0.2, 0.25) is 10.6 Å². The van der Waals surface area contributed by atoms with Crippen molar-refractivity contribution >= 4 is 12.2 Å². The fourth-order valence-corrected chi connectivity index (χ4v) is 3.34. The van der Waals surface area contributed by atoms with Gasteiger partial charge in [-0.3, -0.25) is 9.47 Å². The van der Waals surface area contributed by atoms with Crippen molar-refractivity contribution in [1.29, 1.82) is 0 Å². The van der Waals surface area contributed by atoms with Crippen molar-refractivity contribution in [2.24, 2.45) is 0 Å². The fourth-order valence-electron chi connectivity index (χ4n) is 3.05. The van der Waals surface area contributed by atoms with Crippen LogP contribution >= 0.6 is 12.2 Å². The van der Waals surface area contributed by atoms with Crippen LogP contribution in [0.2, 0.25) is 0 Å². The molecule has 0 radical (unpaired) electrons. The van der Waals surface area contributed by atoms with Crippen LogP contribution in [-0.4, -0.2) is 57.4 Å². The topological polar surface area (TPSA) is 42.4 Å². The first-order valence-electron chi connectivity index (χ1n) is 8.42. The molecule has 1 saturated heterocycles. The summed E-state index contributed by atoms with van der Waals surface area (Å²) in [5.74, 6) is 1.45. The maximum absolute atomic E-state index is 5.75. The average molecular weight is 355 g/mol. The van der Waals surface area contributed by atoms with Crippen LogP contribution in [0.15, 0.2) is 53.1 Å². The Labute approximate surface area is 151 Å². The van der Waals surface area contributed by atoms with Crippen LogP contribution in [0.3, 0.4) is 0 Å². The summed E-state index contributed by atoms with van der Waals surface area (Å²) in [6.45, 7) is 4.87. The molecule has 0 amide bonds. The van der Waals surface area contributed by atoms with Gasteiger partial charge in [-0.25, -0.2) is 4.68 Å². The molecule has 0 N–H and O–H groups in total. The van der Waals surface area contributed by atoms with Crippen molar-refractivity contribution in [1.82, 2.24) is 24.1 Å². The number of nitrogens with zero attached hydrogens (tertiary/aromatic N) is 5. The van der Waals surface area contributed by atoms with Gasteiger partial charge in [-0.05, 0) is 43.5 Å². The lowest BCUT2D eigenvalue weighted by molar-refractivity contribution is 0.119. The summed E-state index contributed by atoms with van der Waals surface area (Å²) in [7, 11) is 2.15. The van der Waals surface area contributed by atoms with Gasteiger partial charge >= 0.3 is 0 Å². The summed E-state index contributed by atoms with van der Waals surface area (Å²) >= 11 is 5.75. The third kappa shape index (κ3) is 3.30. The van der Waals surface area contributed by atoms with E-state index in [1.807, 2.05) is 51.7 Å². The monoisotopic (exact) mass is 355 g/mol. The number of para-hydroxylation sites is 1. The van der Waals surface area contributed by atoms with Crippen molar-refractivity contribution in [3.05, 3.63) is 53.5 Å². The van der Waals surface area contributed by atoms with Crippen molar-refractivity contribution in [2.75, 3.05) is 33.2 Å². The zero-order valence-corrected chi connectivity index (χ0v) is 15.0.